The first-order chi connectivity index (χ1) is 10.9. The monoisotopic (exact) mass is 670 g/mol. The van der Waals surface area contributed by atoms with Gasteiger partial charge in [0, 0.05) is 0 Å². The zero-order chi connectivity index (χ0) is 17.6. The third kappa shape index (κ3) is 16.4. The molecule has 0 saturated heterocycles. The summed E-state index contributed by atoms with van der Waals surface area (Å²) in [6.07, 6.45) is 11.8. The number of carbonyl (C=O) groups is 2. The molecule has 0 N–H and O–H groups in total. The Hall–Kier alpha value is 1.19. The van der Waals surface area contributed by atoms with Gasteiger partial charge in [-0.25, -0.2) is 0 Å². The normalized spacial score (nSPS) is 12.0. The van der Waals surface area contributed by atoms with Crippen LogP contribution < -0.4 is 0 Å². The molecular formula is C16H30I2O4Te. The van der Waals surface area contributed by atoms with Gasteiger partial charge in [-0.3, -0.25) is 0 Å². The predicted octanol–water partition coefficient (Wildman–Crippen LogP) is 6.10. The van der Waals surface area contributed by atoms with E-state index in [1.165, 1.54) is 25.7 Å². The van der Waals surface area contributed by atoms with E-state index >= 15 is 0 Å². The first-order valence-corrected chi connectivity index (χ1v) is 24.1. The Morgan fingerprint density at radius 2 is 1.04 bits per heavy atom. The van der Waals surface area contributed by atoms with Crippen LogP contribution in [0.15, 0.2) is 0 Å². The number of hydrogen-bond donors (Lipinski definition) is 0. The molecule has 0 atom stereocenters. The summed E-state index contributed by atoms with van der Waals surface area (Å²) in [5, 5.41) is 0. The molecule has 0 saturated carbocycles. The molecule has 0 aliphatic carbocycles. The zero-order valence-corrected chi connectivity index (χ0v) is 20.9. The van der Waals surface area contributed by atoms with Gasteiger partial charge in [-0.15, -0.1) is 0 Å². The summed E-state index contributed by atoms with van der Waals surface area (Å²) in [6, 6.07) is 0. The molecule has 4 nitrogen and oxygen atoms in total. The number of rotatable bonds is 14. The van der Waals surface area contributed by atoms with Gasteiger partial charge in [0.05, 0.1) is 0 Å². The Kier molecular flexibility index (Phi) is 16.2. The molecule has 0 aromatic heterocycles. The van der Waals surface area contributed by atoms with E-state index in [9.17, 15) is 9.59 Å². The van der Waals surface area contributed by atoms with E-state index in [2.05, 4.69) is 13.8 Å². The quantitative estimate of drug-likeness (QED) is 0.128. The Morgan fingerprint density at radius 3 is 1.39 bits per heavy atom. The molecule has 0 fully saturated rings. The van der Waals surface area contributed by atoms with Crippen LogP contribution in [0.25, 0.3) is 0 Å². The molecular weight excluding hydrogens is 638 g/mol. The molecule has 0 aliphatic rings. The minimum atomic E-state index is -3.30. The van der Waals surface area contributed by atoms with E-state index in [-0.39, 0.29) is 11.9 Å². The third-order valence-electron chi connectivity index (χ3n) is 3.35. The van der Waals surface area contributed by atoms with Crippen molar-refractivity contribution in [2.75, 3.05) is 0 Å². The number of halogens is 2. The molecule has 0 aromatic carbocycles. The Morgan fingerprint density at radius 1 is 0.696 bits per heavy atom. The van der Waals surface area contributed by atoms with Crippen LogP contribution in [0, 0.1) is 0 Å². The van der Waals surface area contributed by atoms with Crippen molar-refractivity contribution in [1.82, 2.24) is 0 Å². The maximum absolute atomic E-state index is 11.8. The predicted molar refractivity (Wildman–Crippen MR) is 113 cm³/mol. The summed E-state index contributed by atoms with van der Waals surface area (Å²) in [5.41, 5.74) is 0. The van der Waals surface area contributed by atoms with Crippen LogP contribution in [0.3, 0.4) is 0 Å². The molecule has 0 rings (SSSR count). The number of carbonyl (C=O) groups excluding carboxylic acids is 2. The van der Waals surface area contributed by atoms with Gasteiger partial charge in [-0.2, -0.15) is 0 Å². The van der Waals surface area contributed by atoms with Crippen molar-refractivity contribution in [1.29, 1.82) is 0 Å². The molecule has 0 aromatic rings. The van der Waals surface area contributed by atoms with Gasteiger partial charge < -0.3 is 0 Å². The Labute approximate surface area is 165 Å². The van der Waals surface area contributed by atoms with E-state index in [0.717, 1.165) is 38.5 Å². The van der Waals surface area contributed by atoms with Gasteiger partial charge in [0.15, 0.2) is 0 Å². The molecule has 23 heavy (non-hydrogen) atoms. The van der Waals surface area contributed by atoms with Crippen LogP contribution >= 0.6 is 37.4 Å². The van der Waals surface area contributed by atoms with Crippen LogP contribution in [-0.2, 0) is 15.8 Å². The molecule has 0 amide bonds. The fourth-order valence-electron chi connectivity index (χ4n) is 2.06. The van der Waals surface area contributed by atoms with Crippen LogP contribution in [0.2, 0.25) is 0 Å². The Balaban J connectivity index is 3.83. The van der Waals surface area contributed by atoms with E-state index in [1.54, 1.807) is 0 Å². The average Bonchev–Trinajstić information content (AvgIpc) is 2.45. The second-order valence-electron chi connectivity index (χ2n) is 5.62. The van der Waals surface area contributed by atoms with Gasteiger partial charge in [-0.1, -0.05) is 0 Å². The second-order valence-corrected chi connectivity index (χ2v) is 35.6. The summed E-state index contributed by atoms with van der Waals surface area (Å²) in [6.45, 7) is 4.33. The summed E-state index contributed by atoms with van der Waals surface area (Å²) >= 11 is 0.795. The van der Waals surface area contributed by atoms with E-state index in [4.69, 9.17) is 6.20 Å². The standard InChI is InChI=1S/C16H30I2O4Te/c1-3-5-7-9-11-13-15(19)21-23(17,18)22-16(20)14-12-10-8-6-4-2/h3-14H2,1-2H3. The van der Waals surface area contributed by atoms with Gasteiger partial charge >= 0.3 is 167 Å². The number of unbranched alkanes of at least 4 members (excludes halogenated alkanes) is 8. The van der Waals surface area contributed by atoms with E-state index < -0.39 is 11.1 Å². The molecule has 0 bridgehead atoms. The van der Waals surface area contributed by atoms with Crippen molar-refractivity contribution >= 4 is 60.4 Å². The van der Waals surface area contributed by atoms with Crippen LogP contribution in [0.5, 0.6) is 0 Å². The second kappa shape index (κ2) is 15.4. The first kappa shape index (κ1) is 24.2. The zero-order valence-electron chi connectivity index (χ0n) is 14.3. The van der Waals surface area contributed by atoms with Crippen LogP contribution in [0.4, 0.5) is 0 Å². The number of hydrogen-bond acceptors (Lipinski definition) is 4. The van der Waals surface area contributed by atoms with E-state index in [1.807, 2.05) is 37.4 Å². The first-order valence-electron chi connectivity index (χ1n) is 8.58. The van der Waals surface area contributed by atoms with Crippen molar-refractivity contribution in [2.45, 2.75) is 90.9 Å². The van der Waals surface area contributed by atoms with Crippen LogP contribution in [-0.4, -0.2) is 23.1 Å². The van der Waals surface area contributed by atoms with Gasteiger partial charge in [0.1, 0.15) is 0 Å². The van der Waals surface area contributed by atoms with Gasteiger partial charge in [0.25, 0.3) is 0 Å². The summed E-state index contributed by atoms with van der Waals surface area (Å²) in [5.74, 6) is -0.440. The Bertz CT molecular complexity index is 308. The van der Waals surface area contributed by atoms with Gasteiger partial charge in [-0.05, 0) is 0 Å². The maximum atomic E-state index is 11.8. The molecule has 0 unspecified atom stereocenters. The van der Waals surface area contributed by atoms with Crippen molar-refractivity contribution in [3.8, 4) is 0 Å². The SMILES string of the molecule is CCCCCCCC(=O)O[Te](I)(I)OC(=O)CCCCCCC. The molecule has 7 heteroatoms. The van der Waals surface area contributed by atoms with Crippen molar-refractivity contribution in [3.63, 3.8) is 0 Å². The van der Waals surface area contributed by atoms with Crippen molar-refractivity contribution < 1.29 is 15.8 Å². The van der Waals surface area contributed by atoms with Crippen molar-refractivity contribution in [2.24, 2.45) is 0 Å². The molecule has 0 spiro atoms. The fourth-order valence-corrected chi connectivity index (χ4v) is 9.25. The third-order valence-corrected chi connectivity index (χ3v) is 10.3. The average molecular weight is 668 g/mol. The molecule has 0 radical (unpaired) electrons. The summed E-state index contributed by atoms with van der Waals surface area (Å²) in [7, 11) is 0. The fraction of sp³-hybridized carbons (Fsp3) is 0.875. The summed E-state index contributed by atoms with van der Waals surface area (Å²) in [4.78, 5) is 23.7. The van der Waals surface area contributed by atoms with Gasteiger partial charge in [0.2, 0.25) is 0 Å². The van der Waals surface area contributed by atoms with E-state index in [0.29, 0.717) is 12.8 Å². The topological polar surface area (TPSA) is 52.6 Å². The van der Waals surface area contributed by atoms with Crippen molar-refractivity contribution in [3.05, 3.63) is 0 Å². The van der Waals surface area contributed by atoms with Crippen LogP contribution in [0.1, 0.15) is 90.9 Å². The molecule has 138 valence electrons. The minimum absolute atomic E-state index is 0.220. The molecule has 0 heterocycles. The summed E-state index contributed by atoms with van der Waals surface area (Å²) < 4.78 is 10.9. The molecule has 0 aliphatic heterocycles.